The molecule has 2 aromatic carbocycles. The molecule has 39 heavy (non-hydrogen) atoms. The highest BCUT2D eigenvalue weighted by molar-refractivity contribution is 6.07. The normalized spacial score (nSPS) is 22.3. The van der Waals surface area contributed by atoms with Gasteiger partial charge in [0.1, 0.15) is 0 Å². The van der Waals surface area contributed by atoms with Crippen molar-refractivity contribution in [2.24, 2.45) is 22.7 Å². The minimum Gasteiger partial charge on any atom is -0.493 e. The Morgan fingerprint density at radius 1 is 0.974 bits per heavy atom. The number of nitrogens with two attached hydrogens (primary N) is 1. The molecule has 1 saturated carbocycles. The molecule has 8 nitrogen and oxygen atoms in total. The number of benzene rings is 2. The molecule has 1 saturated heterocycles. The van der Waals surface area contributed by atoms with E-state index in [-0.39, 0.29) is 42.1 Å². The molecule has 2 aromatic rings. The fraction of sp³-hybridized carbons (Fsp3) is 0.500. The molecule has 0 aromatic heterocycles. The van der Waals surface area contributed by atoms with Gasteiger partial charge in [0.15, 0.2) is 11.5 Å². The maximum absolute atomic E-state index is 13.7. The number of ether oxygens (including phenoxy) is 2. The quantitative estimate of drug-likeness (QED) is 0.557. The number of methoxy groups -OCH3 is 2. The average Bonchev–Trinajstić information content (AvgIpc) is 2.97. The van der Waals surface area contributed by atoms with E-state index in [0.717, 1.165) is 42.5 Å². The molecule has 3 aliphatic rings. The van der Waals surface area contributed by atoms with Crippen molar-refractivity contribution in [1.82, 2.24) is 9.91 Å². The molecule has 2 amide bonds. The number of halogens is 1. The number of piperidine rings is 1. The highest BCUT2D eigenvalue weighted by atomic mass is 35.5. The Morgan fingerprint density at radius 2 is 1.64 bits per heavy atom. The third kappa shape index (κ3) is 6.07. The topological polar surface area (TPSA) is 97.5 Å². The lowest BCUT2D eigenvalue weighted by molar-refractivity contribution is -0.143. The van der Waals surface area contributed by atoms with Crippen LogP contribution in [-0.4, -0.2) is 66.8 Å². The summed E-state index contributed by atoms with van der Waals surface area (Å²) in [5.41, 5.74) is 9.27. The van der Waals surface area contributed by atoms with E-state index in [9.17, 15) is 9.59 Å². The van der Waals surface area contributed by atoms with Crippen molar-refractivity contribution >= 4 is 29.9 Å². The lowest BCUT2D eigenvalue weighted by Gasteiger charge is -2.43. The second kappa shape index (κ2) is 12.8. The zero-order chi connectivity index (χ0) is 26.6. The van der Waals surface area contributed by atoms with E-state index in [1.807, 2.05) is 53.4 Å². The van der Waals surface area contributed by atoms with Crippen LogP contribution in [0.4, 0.5) is 0 Å². The van der Waals surface area contributed by atoms with Gasteiger partial charge in [0.05, 0.1) is 32.0 Å². The Labute approximate surface area is 236 Å². The molecule has 9 heteroatoms. The Kier molecular flexibility index (Phi) is 9.51. The van der Waals surface area contributed by atoms with Crippen molar-refractivity contribution in [1.29, 1.82) is 0 Å². The van der Waals surface area contributed by atoms with Crippen molar-refractivity contribution in [3.8, 4) is 11.5 Å². The monoisotopic (exact) mass is 554 g/mol. The fourth-order valence-corrected chi connectivity index (χ4v) is 6.21. The van der Waals surface area contributed by atoms with Crippen LogP contribution in [0.25, 0.3) is 0 Å². The smallest absolute Gasteiger partial charge is 0.246 e. The van der Waals surface area contributed by atoms with Crippen LogP contribution in [0.2, 0.25) is 0 Å². The molecule has 0 spiro atoms. The van der Waals surface area contributed by atoms with Crippen LogP contribution in [0.1, 0.15) is 49.7 Å². The summed E-state index contributed by atoms with van der Waals surface area (Å²) in [6, 6.07) is 15.1. The summed E-state index contributed by atoms with van der Waals surface area (Å²) in [4.78, 5) is 28.6. The van der Waals surface area contributed by atoms with Crippen LogP contribution in [-0.2, 0) is 16.0 Å². The van der Waals surface area contributed by atoms with E-state index < -0.39 is 6.04 Å². The predicted molar refractivity (Wildman–Crippen MR) is 153 cm³/mol. The van der Waals surface area contributed by atoms with Crippen molar-refractivity contribution in [3.05, 3.63) is 59.7 Å². The number of fused-ring (bicyclic) bond motifs is 1. The second-order valence-corrected chi connectivity index (χ2v) is 10.6. The van der Waals surface area contributed by atoms with E-state index in [2.05, 4.69) is 0 Å². The third-order valence-electron chi connectivity index (χ3n) is 8.29. The zero-order valence-corrected chi connectivity index (χ0v) is 23.6. The second-order valence-electron chi connectivity index (χ2n) is 10.6. The van der Waals surface area contributed by atoms with Crippen LogP contribution in [0.5, 0.6) is 11.5 Å². The third-order valence-corrected chi connectivity index (χ3v) is 8.29. The van der Waals surface area contributed by atoms with E-state index in [4.69, 9.17) is 20.3 Å². The molecular weight excluding hydrogens is 516 g/mol. The Morgan fingerprint density at radius 3 is 2.31 bits per heavy atom. The number of amides is 2. The van der Waals surface area contributed by atoms with Crippen molar-refractivity contribution in [3.63, 3.8) is 0 Å². The van der Waals surface area contributed by atoms with Gasteiger partial charge in [-0.05, 0) is 55.9 Å². The largest absolute Gasteiger partial charge is 0.493 e. The van der Waals surface area contributed by atoms with E-state index in [1.54, 1.807) is 19.2 Å². The number of hydrogen-bond acceptors (Lipinski definition) is 6. The van der Waals surface area contributed by atoms with Crippen LogP contribution in [0, 0.1) is 11.8 Å². The molecule has 3 atom stereocenters. The Bertz CT molecular complexity index is 1180. The lowest BCUT2D eigenvalue weighted by atomic mass is 9.73. The molecule has 0 bridgehead atoms. The minimum absolute atomic E-state index is 0. The molecule has 1 aliphatic carbocycles. The summed E-state index contributed by atoms with van der Waals surface area (Å²) in [5, 5.41) is 6.75. The highest BCUT2D eigenvalue weighted by Crippen LogP contribution is 2.40. The van der Waals surface area contributed by atoms with Crippen molar-refractivity contribution in [2.45, 2.75) is 57.0 Å². The van der Waals surface area contributed by atoms with Gasteiger partial charge in [-0.3, -0.25) is 9.59 Å². The van der Waals surface area contributed by atoms with Gasteiger partial charge in [-0.1, -0.05) is 43.2 Å². The first kappa shape index (κ1) is 28.9. The number of hydrogen-bond donors (Lipinski definition) is 1. The maximum atomic E-state index is 13.7. The van der Waals surface area contributed by atoms with Gasteiger partial charge in [-0.2, -0.15) is 5.10 Å². The van der Waals surface area contributed by atoms with Gasteiger partial charge in [0, 0.05) is 30.5 Å². The molecule has 5 rings (SSSR count). The summed E-state index contributed by atoms with van der Waals surface area (Å²) in [6.07, 6.45) is 5.91. The number of likely N-dealkylation sites (tertiary alicyclic amines) is 1. The summed E-state index contributed by atoms with van der Waals surface area (Å²) in [5.74, 6) is 1.49. The summed E-state index contributed by atoms with van der Waals surface area (Å²) < 4.78 is 11.0. The lowest BCUT2D eigenvalue weighted by Crippen LogP contribution is -2.54. The molecule has 2 fully saturated rings. The van der Waals surface area contributed by atoms with E-state index in [0.29, 0.717) is 43.9 Å². The first-order valence-electron chi connectivity index (χ1n) is 13.7. The number of hydrazone groups is 1. The molecule has 2 aliphatic heterocycles. The minimum atomic E-state index is -0.566. The van der Waals surface area contributed by atoms with Gasteiger partial charge >= 0.3 is 0 Å². The number of carbonyl (C=O) groups excluding carboxylic acids is 2. The standard InChI is InChI=1S/C30H38N4O4.ClH/c1-37-26-13-12-21(19-27(26)38-2)28-23-10-6-7-11-24(23)29(35)34(32-28)22-14-16-33(17-15-22)30(36)25(31)18-20-8-4-3-5-9-20;/h3-5,8-9,12-13,19,22-25H,6-7,10-11,14-18,31H2,1-2H3;1H/t23-,24+,25-;/m0./s1. The number of carbonyl (C=O) groups is 2. The summed E-state index contributed by atoms with van der Waals surface area (Å²) in [6.45, 7) is 1.15. The number of rotatable bonds is 7. The average molecular weight is 555 g/mol. The van der Waals surface area contributed by atoms with E-state index >= 15 is 0 Å². The van der Waals surface area contributed by atoms with Gasteiger partial charge in [-0.25, -0.2) is 5.01 Å². The van der Waals surface area contributed by atoms with Gasteiger partial charge in [0.2, 0.25) is 11.8 Å². The van der Waals surface area contributed by atoms with Crippen molar-refractivity contribution < 1.29 is 19.1 Å². The molecule has 2 N–H and O–H groups in total. The summed E-state index contributed by atoms with van der Waals surface area (Å²) >= 11 is 0. The molecule has 2 heterocycles. The van der Waals surface area contributed by atoms with Crippen LogP contribution in [0.15, 0.2) is 53.6 Å². The number of nitrogens with zero attached hydrogens (tertiary/aromatic N) is 3. The first-order valence-corrected chi connectivity index (χ1v) is 13.7. The SMILES string of the molecule is COc1ccc(C2=NN(C3CCN(C(=O)[C@@H](N)Cc4ccccc4)CC3)C(=O)[C@@H]3CCCC[C@H]23)cc1OC.Cl. The Hall–Kier alpha value is -3.10. The van der Waals surface area contributed by atoms with Crippen LogP contribution in [0.3, 0.4) is 0 Å². The zero-order valence-electron chi connectivity index (χ0n) is 22.8. The molecular formula is C30H39ClN4O4. The van der Waals surface area contributed by atoms with Crippen molar-refractivity contribution in [2.75, 3.05) is 27.3 Å². The van der Waals surface area contributed by atoms with Gasteiger partial charge in [0.25, 0.3) is 0 Å². The summed E-state index contributed by atoms with van der Waals surface area (Å²) in [7, 11) is 3.25. The molecule has 210 valence electrons. The molecule has 0 radical (unpaired) electrons. The fourth-order valence-electron chi connectivity index (χ4n) is 6.21. The van der Waals surface area contributed by atoms with E-state index in [1.165, 1.54) is 0 Å². The predicted octanol–water partition coefficient (Wildman–Crippen LogP) is 4.04. The van der Waals surface area contributed by atoms with Crippen LogP contribution >= 0.6 is 12.4 Å². The first-order chi connectivity index (χ1) is 18.5. The van der Waals surface area contributed by atoms with Gasteiger partial charge in [-0.15, -0.1) is 12.4 Å². The van der Waals surface area contributed by atoms with Gasteiger partial charge < -0.3 is 20.1 Å². The van der Waals surface area contributed by atoms with Crippen LogP contribution < -0.4 is 15.2 Å². The highest BCUT2D eigenvalue weighted by Gasteiger charge is 2.44. The maximum Gasteiger partial charge on any atom is 0.246 e. The molecule has 0 unspecified atom stereocenters. The Balaban J connectivity index is 0.00000353.